The number of terminal acetylenes is 1. The van der Waals surface area contributed by atoms with Gasteiger partial charge in [-0.15, -0.1) is 17.8 Å². The molecule has 424 valence electrons. The molecule has 81 heavy (non-hydrogen) atoms. The van der Waals surface area contributed by atoms with Crippen molar-refractivity contribution in [2.75, 3.05) is 50.8 Å². The quantitative estimate of drug-likeness (QED) is 0.0426. The van der Waals surface area contributed by atoms with Gasteiger partial charge in [0, 0.05) is 93.8 Å². The summed E-state index contributed by atoms with van der Waals surface area (Å²) < 4.78 is 38.6. The number of piperazine rings is 1. The SMILES string of the molecule is C#Cc1c(F)ccc2cc(O)cc(-c3ncc4c(N5CC6CCC(C5)N6)nc(OC[C@@H]5CC(=C)CN5CCC(=O)NCCC(=O)N[C@H](C(=O)N5C[C@H](O)C[C@H]5C(=O)N[C@@H](C)c5ccc(-c6scnc6C)cc5)C(C)(C)C)nc4c3F)c12. The van der Waals surface area contributed by atoms with Crippen molar-refractivity contribution in [1.29, 1.82) is 0 Å². The van der Waals surface area contributed by atoms with E-state index in [1.807, 2.05) is 58.9 Å². The average Bonchev–Trinajstić information content (AvgIpc) is 4.09. The molecule has 4 saturated heterocycles. The Bertz CT molecular complexity index is 3460. The van der Waals surface area contributed by atoms with E-state index in [1.165, 1.54) is 35.4 Å². The Morgan fingerprint density at radius 2 is 1.75 bits per heavy atom. The van der Waals surface area contributed by atoms with E-state index in [9.17, 15) is 29.4 Å². The number of pyridine rings is 1. The number of aliphatic hydroxyl groups is 1. The molecule has 7 heterocycles. The fourth-order valence-electron chi connectivity index (χ4n) is 11.7. The third kappa shape index (κ3) is 12.2. The lowest BCUT2D eigenvalue weighted by atomic mass is 9.85. The summed E-state index contributed by atoms with van der Waals surface area (Å²) in [5.74, 6) is -0.541. The summed E-state index contributed by atoms with van der Waals surface area (Å²) in [4.78, 5) is 79.7. The van der Waals surface area contributed by atoms with Crippen LogP contribution in [0.15, 0.2) is 72.4 Å². The molecule has 21 heteroatoms. The second-order valence-electron chi connectivity index (χ2n) is 22.8. The van der Waals surface area contributed by atoms with Gasteiger partial charge in [0.25, 0.3) is 0 Å². The van der Waals surface area contributed by atoms with Crippen LogP contribution in [0.3, 0.4) is 0 Å². The topological polar surface area (TPSA) is 227 Å². The molecule has 7 atom stereocenters. The van der Waals surface area contributed by atoms with Gasteiger partial charge in [-0.25, -0.2) is 13.8 Å². The van der Waals surface area contributed by atoms with Gasteiger partial charge in [-0.3, -0.25) is 29.1 Å². The van der Waals surface area contributed by atoms with E-state index in [0.29, 0.717) is 49.2 Å². The first-order valence-corrected chi connectivity index (χ1v) is 28.3. The number of aliphatic hydroxyl groups excluding tert-OH is 1. The Morgan fingerprint density at radius 1 is 1.00 bits per heavy atom. The monoisotopic (exact) mass is 1120 g/mol. The number of carbonyl (C=O) groups is 4. The van der Waals surface area contributed by atoms with Crippen LogP contribution in [0.1, 0.15) is 89.1 Å². The van der Waals surface area contributed by atoms with Crippen molar-refractivity contribution in [1.82, 2.24) is 51.0 Å². The number of likely N-dealkylation sites (tertiary alicyclic amines) is 2. The van der Waals surface area contributed by atoms with Gasteiger partial charge in [0.2, 0.25) is 23.6 Å². The highest BCUT2D eigenvalue weighted by atomic mass is 32.1. The Labute approximate surface area is 472 Å². The molecule has 4 aliphatic heterocycles. The number of nitrogens with zero attached hydrogens (tertiary/aromatic N) is 7. The summed E-state index contributed by atoms with van der Waals surface area (Å²) in [5, 5.41) is 34.7. The molecule has 3 aromatic carbocycles. The molecule has 6 N–H and O–H groups in total. The smallest absolute Gasteiger partial charge is 0.319 e. The van der Waals surface area contributed by atoms with Crippen LogP contribution in [0.5, 0.6) is 11.8 Å². The number of hydrogen-bond acceptors (Lipinski definition) is 15. The third-order valence-corrected chi connectivity index (χ3v) is 16.8. The van der Waals surface area contributed by atoms with E-state index in [4.69, 9.17) is 16.1 Å². The van der Waals surface area contributed by atoms with Crippen LogP contribution in [-0.2, 0) is 19.2 Å². The molecular weight excluding hydrogens is 1060 g/mol. The third-order valence-electron chi connectivity index (χ3n) is 15.8. The summed E-state index contributed by atoms with van der Waals surface area (Å²) in [6.45, 7) is 15.5. The Morgan fingerprint density at radius 3 is 2.46 bits per heavy atom. The summed E-state index contributed by atoms with van der Waals surface area (Å²) >= 11 is 1.56. The van der Waals surface area contributed by atoms with Gasteiger partial charge in [-0.05, 0) is 73.2 Å². The van der Waals surface area contributed by atoms with Crippen LogP contribution in [0.25, 0.3) is 43.4 Å². The standard InChI is InChI=1S/C60H67F2N11O7S/c1-8-43-46(61)16-13-37-22-41(74)23-44(50(37)43)52-51(62)53-45(25-64-52)56(72-27-38-14-15-39(28-72)67-38)70-59(69-53)80-30-40-21-32(2)26-71(40)20-18-48(76)63-19-17-49(77)68-55(60(5,6)7)58(79)73-29-42(75)24-47(73)57(78)66-33(3)35-9-11-36(12-10-35)54-34(4)65-31-81-54/h1,9-13,16,22-23,25,31,33,38-40,42,47,55,67,74-75H,2,14-15,17-21,24,26-30H2,3-7H3,(H,63,76)(H,66,78)(H,68,77)/t33-,38?,39?,40-,42+,47-,55+/m0/s1. The maximum atomic E-state index is 17.2. The van der Waals surface area contributed by atoms with E-state index in [-0.39, 0.29) is 102 Å². The van der Waals surface area contributed by atoms with Crippen molar-refractivity contribution in [2.45, 2.75) is 115 Å². The molecule has 6 aromatic rings. The predicted molar refractivity (Wildman–Crippen MR) is 305 cm³/mol. The van der Waals surface area contributed by atoms with Crippen LogP contribution >= 0.6 is 11.3 Å². The van der Waals surface area contributed by atoms with Gasteiger partial charge in [0.15, 0.2) is 5.82 Å². The fourth-order valence-corrected chi connectivity index (χ4v) is 12.5. The maximum Gasteiger partial charge on any atom is 0.319 e. The first-order valence-electron chi connectivity index (χ1n) is 27.4. The van der Waals surface area contributed by atoms with Crippen LogP contribution in [-0.4, -0.2) is 146 Å². The van der Waals surface area contributed by atoms with E-state index >= 15 is 8.78 Å². The molecule has 2 unspecified atom stereocenters. The summed E-state index contributed by atoms with van der Waals surface area (Å²) in [6, 6.07) is 11.0. The number of amides is 4. The van der Waals surface area contributed by atoms with Crippen molar-refractivity contribution in [3.63, 3.8) is 0 Å². The molecule has 0 radical (unpaired) electrons. The van der Waals surface area contributed by atoms with Crippen LogP contribution in [0.4, 0.5) is 14.6 Å². The number of anilines is 1. The minimum absolute atomic E-state index is 0.00125. The van der Waals surface area contributed by atoms with Gasteiger partial charge in [-0.2, -0.15) is 9.97 Å². The first-order chi connectivity index (χ1) is 38.7. The number of benzene rings is 3. The van der Waals surface area contributed by atoms with Crippen LogP contribution < -0.4 is 30.9 Å². The molecule has 10 rings (SSSR count). The largest absolute Gasteiger partial charge is 0.508 e. The van der Waals surface area contributed by atoms with Crippen molar-refractivity contribution < 1.29 is 42.9 Å². The highest BCUT2D eigenvalue weighted by molar-refractivity contribution is 7.13. The van der Waals surface area contributed by atoms with Crippen molar-refractivity contribution in [3.05, 3.63) is 101 Å². The Kier molecular flexibility index (Phi) is 16.4. The number of carbonyl (C=O) groups excluding carboxylic acids is 4. The highest BCUT2D eigenvalue weighted by Gasteiger charge is 2.45. The average molecular weight is 1120 g/mol. The van der Waals surface area contributed by atoms with Crippen molar-refractivity contribution in [3.8, 4) is 45.8 Å². The van der Waals surface area contributed by atoms with E-state index in [0.717, 1.165) is 40.1 Å². The van der Waals surface area contributed by atoms with E-state index < -0.39 is 59.0 Å². The Hall–Kier alpha value is -7.64. The number of nitrogens with one attached hydrogen (secondary N) is 4. The number of phenols is 1. The van der Waals surface area contributed by atoms with Crippen molar-refractivity contribution in [2.24, 2.45) is 5.41 Å². The molecule has 4 amide bonds. The summed E-state index contributed by atoms with van der Waals surface area (Å²) in [6.07, 6.45) is 8.85. The zero-order valence-electron chi connectivity index (χ0n) is 46.0. The molecule has 3 aromatic heterocycles. The molecule has 18 nitrogen and oxygen atoms in total. The molecule has 4 fully saturated rings. The first kappa shape index (κ1) is 56.6. The number of thiazole rings is 1. The fraction of sp³-hybridized carbons (Fsp3) is 0.433. The number of ether oxygens (including phenoxy) is 1. The molecule has 2 bridgehead atoms. The molecule has 0 saturated carbocycles. The lowest BCUT2D eigenvalue weighted by molar-refractivity contribution is -0.144. The van der Waals surface area contributed by atoms with Gasteiger partial charge in [0.1, 0.15) is 47.3 Å². The second-order valence-corrected chi connectivity index (χ2v) is 23.7. The number of aromatic nitrogens is 4. The number of hydrogen-bond donors (Lipinski definition) is 6. The van der Waals surface area contributed by atoms with Crippen molar-refractivity contribution >= 4 is 62.5 Å². The minimum atomic E-state index is -1.04. The minimum Gasteiger partial charge on any atom is -0.508 e. The Balaban J connectivity index is 0.756. The molecule has 4 aliphatic rings. The highest BCUT2D eigenvalue weighted by Crippen LogP contribution is 2.40. The van der Waals surface area contributed by atoms with Gasteiger partial charge in [-0.1, -0.05) is 69.2 Å². The zero-order chi connectivity index (χ0) is 57.4. The number of rotatable bonds is 17. The molecule has 0 spiro atoms. The second kappa shape index (κ2) is 23.4. The number of aryl methyl sites for hydroxylation is 1. The predicted octanol–water partition coefficient (Wildman–Crippen LogP) is 6.46. The van der Waals surface area contributed by atoms with E-state index in [2.05, 4.69) is 58.5 Å². The summed E-state index contributed by atoms with van der Waals surface area (Å²) in [7, 11) is 0. The summed E-state index contributed by atoms with van der Waals surface area (Å²) in [5.41, 5.74) is 4.52. The zero-order valence-corrected chi connectivity index (χ0v) is 46.8. The van der Waals surface area contributed by atoms with Crippen LogP contribution in [0, 0.1) is 36.3 Å². The number of fused-ring (bicyclic) bond motifs is 4. The van der Waals surface area contributed by atoms with E-state index in [1.54, 1.807) is 16.8 Å². The van der Waals surface area contributed by atoms with Gasteiger partial charge >= 0.3 is 6.01 Å². The van der Waals surface area contributed by atoms with Gasteiger partial charge < -0.3 is 46.0 Å². The normalized spacial score (nSPS) is 20.8. The maximum absolute atomic E-state index is 17.2. The number of phenolic OH excluding ortho intramolecular Hbond substituents is 1. The number of halogens is 2. The number of β-amino-alcohol motifs (C(OH)–C–C–N with tert-alkyl or cyclic N) is 1. The molecule has 0 aliphatic carbocycles. The van der Waals surface area contributed by atoms with Crippen LogP contribution in [0.2, 0.25) is 0 Å². The number of aromatic hydroxyl groups is 1. The molecular formula is C60H67F2N11O7S. The lowest BCUT2D eigenvalue weighted by Crippen LogP contribution is -2.58. The lowest BCUT2D eigenvalue weighted by Gasteiger charge is -2.35. The van der Waals surface area contributed by atoms with Gasteiger partial charge in [0.05, 0.1) is 39.2 Å².